The molecule has 0 aliphatic rings. The first-order valence-electron chi connectivity index (χ1n) is 5.56. The van der Waals surface area contributed by atoms with Gasteiger partial charge in [0.05, 0.1) is 0 Å². The van der Waals surface area contributed by atoms with Gasteiger partial charge in [-0.3, -0.25) is 4.79 Å². The summed E-state index contributed by atoms with van der Waals surface area (Å²) < 4.78 is 5.13. The Morgan fingerprint density at radius 2 is 2.35 bits per heavy atom. The molecule has 1 amide bonds. The summed E-state index contributed by atoms with van der Waals surface area (Å²) >= 11 is 0. The number of nitrogens with one attached hydrogen (secondary N) is 2. The second kappa shape index (κ2) is 10.7. The predicted molar refractivity (Wildman–Crippen MR) is 66.0 cm³/mol. The third-order valence-electron chi connectivity index (χ3n) is 1.83. The van der Waals surface area contributed by atoms with Crippen LogP contribution in [0.15, 0.2) is 24.4 Å². The monoisotopic (exact) mass is 237 g/mol. The van der Waals surface area contributed by atoms with Crippen LogP contribution in [0.2, 0.25) is 0 Å². The van der Waals surface area contributed by atoms with Gasteiger partial charge in [0.1, 0.15) is 11.6 Å². The zero-order valence-electron chi connectivity index (χ0n) is 10.2. The van der Waals surface area contributed by atoms with Crippen molar-refractivity contribution in [1.29, 1.82) is 5.26 Å². The fourth-order valence-electron chi connectivity index (χ4n) is 1.01. The average Bonchev–Trinajstić information content (AvgIpc) is 2.34. The van der Waals surface area contributed by atoms with E-state index in [2.05, 4.69) is 17.2 Å². The smallest absolute Gasteiger partial charge is 0.263 e. The van der Waals surface area contributed by atoms with Gasteiger partial charge in [0.25, 0.3) is 5.91 Å². The van der Waals surface area contributed by atoms with Crippen molar-refractivity contribution in [3.63, 3.8) is 0 Å². The van der Waals surface area contributed by atoms with Crippen molar-refractivity contribution in [2.75, 3.05) is 26.3 Å². The van der Waals surface area contributed by atoms with E-state index in [1.54, 1.807) is 6.08 Å². The van der Waals surface area contributed by atoms with Crippen molar-refractivity contribution in [2.24, 2.45) is 0 Å². The van der Waals surface area contributed by atoms with Gasteiger partial charge >= 0.3 is 0 Å². The van der Waals surface area contributed by atoms with Crippen molar-refractivity contribution < 1.29 is 9.53 Å². The highest BCUT2D eigenvalue weighted by Crippen LogP contribution is 1.90. The number of nitrogens with zero attached hydrogens (tertiary/aromatic N) is 1. The molecule has 0 aromatic heterocycles. The summed E-state index contributed by atoms with van der Waals surface area (Å²) in [5, 5.41) is 14.2. The second-order valence-corrected chi connectivity index (χ2v) is 3.17. The summed E-state index contributed by atoms with van der Waals surface area (Å²) in [7, 11) is 0. The van der Waals surface area contributed by atoms with Crippen molar-refractivity contribution in [3.8, 4) is 6.07 Å². The molecule has 0 aliphatic heterocycles. The highest BCUT2D eigenvalue weighted by atomic mass is 16.5. The molecule has 0 bridgehead atoms. The van der Waals surface area contributed by atoms with E-state index in [0.717, 1.165) is 6.42 Å². The van der Waals surface area contributed by atoms with Gasteiger partial charge in [0.15, 0.2) is 0 Å². The van der Waals surface area contributed by atoms with Gasteiger partial charge in [-0.25, -0.2) is 0 Å². The molecule has 0 spiro atoms. The number of ether oxygens (including phenoxy) is 1. The molecule has 0 rings (SSSR count). The molecule has 0 aromatic carbocycles. The molecule has 0 unspecified atom stereocenters. The average molecular weight is 237 g/mol. The van der Waals surface area contributed by atoms with Gasteiger partial charge < -0.3 is 15.4 Å². The lowest BCUT2D eigenvalue weighted by molar-refractivity contribution is -0.117. The molecule has 0 aliphatic carbocycles. The first-order valence-corrected chi connectivity index (χ1v) is 5.56. The fraction of sp³-hybridized carbons (Fsp3) is 0.500. The Morgan fingerprint density at radius 1 is 1.59 bits per heavy atom. The third kappa shape index (κ3) is 8.05. The number of hydrogen-bond acceptors (Lipinski definition) is 4. The van der Waals surface area contributed by atoms with E-state index in [4.69, 9.17) is 10.00 Å². The van der Waals surface area contributed by atoms with E-state index in [9.17, 15) is 4.79 Å². The van der Waals surface area contributed by atoms with Crippen molar-refractivity contribution in [2.45, 2.75) is 13.3 Å². The molecule has 17 heavy (non-hydrogen) atoms. The van der Waals surface area contributed by atoms with E-state index >= 15 is 0 Å². The summed E-state index contributed by atoms with van der Waals surface area (Å²) in [4.78, 5) is 11.5. The van der Waals surface area contributed by atoms with Crippen molar-refractivity contribution in [3.05, 3.63) is 24.4 Å². The molecule has 0 radical (unpaired) electrons. The van der Waals surface area contributed by atoms with Crippen LogP contribution in [0.3, 0.4) is 0 Å². The molecule has 94 valence electrons. The molecule has 0 saturated carbocycles. The molecule has 0 fully saturated rings. The van der Waals surface area contributed by atoms with Crippen molar-refractivity contribution in [1.82, 2.24) is 10.6 Å². The molecule has 0 aromatic rings. The standard InChI is InChI=1S/C12H19N3O2/c1-3-6-14-10-11(9-13)12(16)15-7-5-8-17-4-2/h3,10,14H,1,4-8H2,2H3,(H,15,16)/b11-10-. The minimum atomic E-state index is -0.374. The number of rotatable bonds is 9. The molecular formula is C12H19N3O2. The topological polar surface area (TPSA) is 74.2 Å². The van der Waals surface area contributed by atoms with Crippen LogP contribution in [0, 0.1) is 11.3 Å². The zero-order valence-corrected chi connectivity index (χ0v) is 10.2. The first kappa shape index (κ1) is 15.2. The summed E-state index contributed by atoms with van der Waals surface area (Å²) in [5.74, 6) is -0.374. The Bertz CT molecular complexity index is 305. The van der Waals surface area contributed by atoms with E-state index in [0.29, 0.717) is 26.3 Å². The third-order valence-corrected chi connectivity index (χ3v) is 1.83. The normalized spacial score (nSPS) is 10.5. The molecule has 5 heteroatoms. The minimum absolute atomic E-state index is 0.0586. The maximum atomic E-state index is 11.5. The highest BCUT2D eigenvalue weighted by molar-refractivity contribution is 5.97. The Labute approximate surface area is 102 Å². The van der Waals surface area contributed by atoms with Crippen LogP contribution in [-0.2, 0) is 9.53 Å². The van der Waals surface area contributed by atoms with Gasteiger partial charge in [-0.2, -0.15) is 5.26 Å². The van der Waals surface area contributed by atoms with Crippen LogP contribution in [0.5, 0.6) is 0 Å². The SMILES string of the molecule is C=CCN/C=C(/C#N)C(=O)NCCCOCC. The summed E-state index contributed by atoms with van der Waals surface area (Å²) in [6.07, 6.45) is 3.77. The largest absolute Gasteiger partial charge is 0.386 e. The summed E-state index contributed by atoms with van der Waals surface area (Å²) in [6, 6.07) is 1.83. The molecular weight excluding hydrogens is 218 g/mol. The lowest BCUT2D eigenvalue weighted by Gasteiger charge is -2.04. The Balaban J connectivity index is 3.89. The zero-order chi connectivity index (χ0) is 12.9. The number of amides is 1. The summed E-state index contributed by atoms with van der Waals surface area (Å²) in [5.41, 5.74) is 0.0586. The number of hydrogen-bond donors (Lipinski definition) is 2. The van der Waals surface area contributed by atoms with Gasteiger partial charge in [0.2, 0.25) is 0 Å². The van der Waals surface area contributed by atoms with Crippen molar-refractivity contribution >= 4 is 5.91 Å². The van der Waals surface area contributed by atoms with E-state index in [-0.39, 0.29) is 11.5 Å². The minimum Gasteiger partial charge on any atom is -0.386 e. The van der Waals surface area contributed by atoms with Gasteiger partial charge in [0, 0.05) is 32.5 Å². The lowest BCUT2D eigenvalue weighted by Crippen LogP contribution is -2.27. The Hall–Kier alpha value is -1.80. The number of nitriles is 1. The van der Waals surface area contributed by atoms with Gasteiger partial charge in [-0.15, -0.1) is 6.58 Å². The van der Waals surface area contributed by atoms with Crippen LogP contribution >= 0.6 is 0 Å². The lowest BCUT2D eigenvalue weighted by atomic mass is 10.3. The molecule has 5 nitrogen and oxygen atoms in total. The van der Waals surface area contributed by atoms with Crippen LogP contribution in [0.25, 0.3) is 0 Å². The Morgan fingerprint density at radius 3 is 2.94 bits per heavy atom. The van der Waals surface area contributed by atoms with E-state index in [1.165, 1.54) is 6.20 Å². The van der Waals surface area contributed by atoms with Crippen LogP contribution in [-0.4, -0.2) is 32.2 Å². The maximum Gasteiger partial charge on any atom is 0.263 e. The number of carbonyl (C=O) groups excluding carboxylic acids is 1. The Kier molecular flexibility index (Phi) is 9.58. The summed E-state index contributed by atoms with van der Waals surface area (Å²) in [6.45, 7) is 7.73. The molecule has 0 atom stereocenters. The van der Waals surface area contributed by atoms with Gasteiger partial charge in [-0.05, 0) is 13.3 Å². The van der Waals surface area contributed by atoms with Crippen LogP contribution in [0.1, 0.15) is 13.3 Å². The highest BCUT2D eigenvalue weighted by Gasteiger charge is 2.06. The molecule has 0 heterocycles. The van der Waals surface area contributed by atoms with Crippen LogP contribution in [0.4, 0.5) is 0 Å². The van der Waals surface area contributed by atoms with Gasteiger partial charge in [-0.1, -0.05) is 6.08 Å². The second-order valence-electron chi connectivity index (χ2n) is 3.17. The molecule has 2 N–H and O–H groups in total. The quantitative estimate of drug-likeness (QED) is 0.268. The number of carbonyl (C=O) groups is 1. The van der Waals surface area contributed by atoms with Crippen LogP contribution < -0.4 is 10.6 Å². The predicted octanol–water partition coefficient (Wildman–Crippen LogP) is 0.712. The first-order chi connectivity index (χ1) is 8.26. The maximum absolute atomic E-state index is 11.5. The fourth-order valence-corrected chi connectivity index (χ4v) is 1.01. The molecule has 0 saturated heterocycles. The van der Waals surface area contributed by atoms with E-state index in [1.807, 2.05) is 13.0 Å². The van der Waals surface area contributed by atoms with E-state index < -0.39 is 0 Å².